The van der Waals surface area contributed by atoms with Gasteiger partial charge >= 0.3 is 0 Å². The van der Waals surface area contributed by atoms with Gasteiger partial charge in [0.25, 0.3) is 5.56 Å². The lowest BCUT2D eigenvalue weighted by molar-refractivity contribution is 0.150. The molecule has 1 aliphatic heterocycles. The summed E-state index contributed by atoms with van der Waals surface area (Å²) in [7, 11) is 0. The molecule has 28 heavy (non-hydrogen) atoms. The highest BCUT2D eigenvalue weighted by atomic mass is 19.1. The lowest BCUT2D eigenvalue weighted by Crippen LogP contribution is -2.36. The van der Waals surface area contributed by atoms with Crippen LogP contribution in [0.4, 0.5) is 4.39 Å². The maximum absolute atomic E-state index is 13.3. The van der Waals surface area contributed by atoms with Crippen molar-refractivity contribution in [2.75, 3.05) is 13.1 Å². The molecule has 1 fully saturated rings. The first-order valence-corrected chi connectivity index (χ1v) is 9.69. The fourth-order valence-electron chi connectivity index (χ4n) is 3.62. The zero-order chi connectivity index (χ0) is 19.7. The van der Waals surface area contributed by atoms with Gasteiger partial charge in [-0.25, -0.2) is 9.37 Å². The molecule has 1 aliphatic rings. The van der Waals surface area contributed by atoms with Gasteiger partial charge in [-0.15, -0.1) is 0 Å². The van der Waals surface area contributed by atoms with E-state index in [2.05, 4.69) is 20.0 Å². The van der Waals surface area contributed by atoms with Crippen molar-refractivity contribution in [2.24, 2.45) is 5.92 Å². The van der Waals surface area contributed by atoms with E-state index in [0.29, 0.717) is 35.8 Å². The summed E-state index contributed by atoms with van der Waals surface area (Å²) in [5.74, 6) is 1.68. The molecule has 0 unspecified atom stereocenters. The van der Waals surface area contributed by atoms with Gasteiger partial charge in [0.2, 0.25) is 5.89 Å². The molecule has 0 bridgehead atoms. The first-order valence-electron chi connectivity index (χ1n) is 9.69. The molecule has 1 aromatic carbocycles. The molecule has 2 aromatic heterocycles. The van der Waals surface area contributed by atoms with Crippen LogP contribution >= 0.6 is 0 Å². The summed E-state index contributed by atoms with van der Waals surface area (Å²) in [5.41, 5.74) is 0.288. The lowest BCUT2D eigenvalue weighted by atomic mass is 9.96. The Morgan fingerprint density at radius 1 is 1.29 bits per heavy atom. The topological polar surface area (TPSA) is 77.0 Å². The van der Waals surface area contributed by atoms with Gasteiger partial charge in [0.05, 0.1) is 23.8 Å². The Labute approximate surface area is 162 Å². The molecule has 0 N–H and O–H groups in total. The molecular weight excluding hydrogens is 361 g/mol. The molecular formula is C20H24FN5O2. The van der Waals surface area contributed by atoms with Gasteiger partial charge in [-0.1, -0.05) is 19.0 Å². The molecule has 4 rings (SSSR count). The third kappa shape index (κ3) is 3.96. The first kappa shape index (κ1) is 18.7. The van der Waals surface area contributed by atoms with Gasteiger partial charge in [-0.3, -0.25) is 14.3 Å². The van der Waals surface area contributed by atoms with Gasteiger partial charge in [0.15, 0.2) is 5.82 Å². The van der Waals surface area contributed by atoms with Crippen LogP contribution < -0.4 is 5.56 Å². The molecule has 0 radical (unpaired) electrons. The lowest BCUT2D eigenvalue weighted by Gasteiger charge is -2.31. The predicted octanol–water partition coefficient (Wildman–Crippen LogP) is 2.95. The van der Waals surface area contributed by atoms with E-state index < -0.39 is 0 Å². The second kappa shape index (κ2) is 7.79. The highest BCUT2D eigenvalue weighted by molar-refractivity contribution is 5.77. The van der Waals surface area contributed by atoms with E-state index in [9.17, 15) is 9.18 Å². The number of piperidine rings is 1. The highest BCUT2D eigenvalue weighted by Gasteiger charge is 2.22. The van der Waals surface area contributed by atoms with Crippen LogP contribution in [-0.4, -0.2) is 37.7 Å². The number of fused-ring (bicyclic) bond motifs is 1. The summed E-state index contributed by atoms with van der Waals surface area (Å²) in [5, 5.41) is 4.47. The number of hydrogen-bond acceptors (Lipinski definition) is 6. The maximum Gasteiger partial charge on any atom is 0.261 e. The van der Waals surface area contributed by atoms with E-state index in [1.807, 2.05) is 13.8 Å². The minimum absolute atomic E-state index is 0.112. The SMILES string of the molecule is CC(C)c1noc(CN2CCC(Cn3cnc4cc(F)ccc4c3=O)CC2)n1. The number of rotatable bonds is 5. The van der Waals surface area contributed by atoms with E-state index in [1.165, 1.54) is 24.5 Å². The summed E-state index contributed by atoms with van der Waals surface area (Å²) in [6.45, 7) is 7.22. The van der Waals surface area contributed by atoms with Crippen LogP contribution in [0, 0.1) is 11.7 Å². The molecule has 0 atom stereocenters. The third-order valence-corrected chi connectivity index (χ3v) is 5.31. The number of hydrogen-bond donors (Lipinski definition) is 0. The number of halogens is 1. The van der Waals surface area contributed by atoms with E-state index in [-0.39, 0.29) is 17.3 Å². The number of nitrogens with zero attached hydrogens (tertiary/aromatic N) is 5. The molecule has 3 aromatic rings. The van der Waals surface area contributed by atoms with Crippen LogP contribution in [0.2, 0.25) is 0 Å². The number of likely N-dealkylation sites (tertiary alicyclic amines) is 1. The molecule has 7 nitrogen and oxygen atoms in total. The van der Waals surface area contributed by atoms with E-state index >= 15 is 0 Å². The summed E-state index contributed by atoms with van der Waals surface area (Å²) in [6, 6.07) is 4.10. The summed E-state index contributed by atoms with van der Waals surface area (Å²) in [4.78, 5) is 23.6. The highest BCUT2D eigenvalue weighted by Crippen LogP contribution is 2.21. The average molecular weight is 385 g/mol. The zero-order valence-corrected chi connectivity index (χ0v) is 16.1. The largest absolute Gasteiger partial charge is 0.338 e. The van der Waals surface area contributed by atoms with Gasteiger partial charge in [-0.05, 0) is 44.0 Å². The van der Waals surface area contributed by atoms with Crippen LogP contribution in [-0.2, 0) is 13.1 Å². The Bertz CT molecular complexity index is 1020. The van der Waals surface area contributed by atoms with Crippen molar-refractivity contribution in [3.8, 4) is 0 Å². The fraction of sp³-hybridized carbons (Fsp3) is 0.500. The number of aromatic nitrogens is 4. The molecule has 0 spiro atoms. The van der Waals surface area contributed by atoms with Gasteiger partial charge in [0, 0.05) is 18.5 Å². The minimum Gasteiger partial charge on any atom is -0.338 e. The molecule has 0 aliphatic carbocycles. The summed E-state index contributed by atoms with van der Waals surface area (Å²) in [6.07, 6.45) is 3.50. The van der Waals surface area contributed by atoms with Gasteiger partial charge in [-0.2, -0.15) is 4.98 Å². The van der Waals surface area contributed by atoms with Crippen LogP contribution in [0.1, 0.15) is 44.3 Å². The molecule has 1 saturated heterocycles. The second-order valence-corrected chi connectivity index (χ2v) is 7.78. The normalized spacial score (nSPS) is 16.3. The van der Waals surface area contributed by atoms with E-state index in [1.54, 1.807) is 4.57 Å². The number of benzene rings is 1. The van der Waals surface area contributed by atoms with Crippen molar-refractivity contribution in [3.05, 3.63) is 52.4 Å². The molecule has 148 valence electrons. The fourth-order valence-corrected chi connectivity index (χ4v) is 3.62. The van der Waals surface area contributed by atoms with Crippen molar-refractivity contribution in [1.82, 2.24) is 24.6 Å². The predicted molar refractivity (Wildman–Crippen MR) is 102 cm³/mol. The van der Waals surface area contributed by atoms with Crippen LogP contribution in [0.3, 0.4) is 0 Å². The van der Waals surface area contributed by atoms with Gasteiger partial charge < -0.3 is 4.52 Å². The van der Waals surface area contributed by atoms with Crippen molar-refractivity contribution < 1.29 is 8.91 Å². The summed E-state index contributed by atoms with van der Waals surface area (Å²) >= 11 is 0. The second-order valence-electron chi connectivity index (χ2n) is 7.78. The van der Waals surface area contributed by atoms with E-state index in [4.69, 9.17) is 4.52 Å². The third-order valence-electron chi connectivity index (χ3n) is 5.31. The van der Waals surface area contributed by atoms with Crippen LogP contribution in [0.15, 0.2) is 33.8 Å². The molecule has 0 amide bonds. The van der Waals surface area contributed by atoms with Crippen LogP contribution in [0.25, 0.3) is 10.9 Å². The van der Waals surface area contributed by atoms with Crippen molar-refractivity contribution >= 4 is 10.9 Å². The zero-order valence-electron chi connectivity index (χ0n) is 16.1. The van der Waals surface area contributed by atoms with E-state index in [0.717, 1.165) is 31.8 Å². The van der Waals surface area contributed by atoms with Crippen LogP contribution in [0.5, 0.6) is 0 Å². The van der Waals surface area contributed by atoms with Crippen molar-refractivity contribution in [3.63, 3.8) is 0 Å². The molecule has 0 saturated carbocycles. The van der Waals surface area contributed by atoms with Crippen molar-refractivity contribution in [1.29, 1.82) is 0 Å². The Hall–Kier alpha value is -2.61. The summed E-state index contributed by atoms with van der Waals surface area (Å²) < 4.78 is 20.3. The maximum atomic E-state index is 13.3. The molecule has 3 heterocycles. The monoisotopic (exact) mass is 385 g/mol. The smallest absolute Gasteiger partial charge is 0.261 e. The Kier molecular flexibility index (Phi) is 5.21. The first-order chi connectivity index (χ1) is 13.5. The average Bonchev–Trinajstić information content (AvgIpc) is 3.14. The Morgan fingerprint density at radius 2 is 2.07 bits per heavy atom. The van der Waals surface area contributed by atoms with Crippen molar-refractivity contribution in [2.45, 2.75) is 45.7 Å². The standard InChI is InChI=1S/C20H24FN5O2/c1-13(2)19-23-18(28-24-19)11-25-7-5-14(6-8-25)10-26-12-22-17-9-15(21)3-4-16(17)20(26)27/h3-4,9,12-14H,5-8,10-11H2,1-2H3. The molecule has 8 heteroatoms. The van der Waals surface area contributed by atoms with Gasteiger partial charge in [0.1, 0.15) is 5.82 Å². The quantitative estimate of drug-likeness (QED) is 0.672. The Balaban J connectivity index is 1.36. The minimum atomic E-state index is -0.383. The Morgan fingerprint density at radius 3 is 2.79 bits per heavy atom.